The van der Waals surface area contributed by atoms with Crippen molar-refractivity contribution in [2.24, 2.45) is 5.92 Å². The lowest BCUT2D eigenvalue weighted by Gasteiger charge is -2.09. The van der Waals surface area contributed by atoms with Crippen LogP contribution >= 0.6 is 10.7 Å². The van der Waals surface area contributed by atoms with Gasteiger partial charge in [-0.15, -0.1) is 0 Å². The second-order valence-electron chi connectivity index (χ2n) is 4.28. The molecule has 1 aromatic rings. The Morgan fingerprint density at radius 2 is 1.84 bits per heavy atom. The van der Waals surface area contributed by atoms with Crippen molar-refractivity contribution in [1.29, 1.82) is 0 Å². The number of hydrogen-bond donors (Lipinski definition) is 1. The Morgan fingerprint density at radius 3 is 2.26 bits per heavy atom. The van der Waals surface area contributed by atoms with Crippen molar-refractivity contribution in [3.05, 3.63) is 24.0 Å². The summed E-state index contributed by atoms with van der Waals surface area (Å²) in [5.74, 6) is -1.11. The van der Waals surface area contributed by atoms with Gasteiger partial charge in [-0.05, 0) is 24.1 Å². The number of halogens is 2. The first-order chi connectivity index (χ1) is 8.54. The van der Waals surface area contributed by atoms with Gasteiger partial charge in [0.15, 0.2) is 0 Å². The Hall–Kier alpha value is -0.700. The number of sulfonamides is 1. The zero-order valence-corrected chi connectivity index (χ0v) is 12.6. The maximum Gasteiger partial charge on any atom is 0.261 e. The molecule has 0 bridgehead atoms. The minimum Gasteiger partial charge on any atom is -0.211 e. The number of benzene rings is 1. The fourth-order valence-electron chi connectivity index (χ4n) is 1.21. The van der Waals surface area contributed by atoms with Crippen LogP contribution in [0.15, 0.2) is 28.0 Å². The summed E-state index contributed by atoms with van der Waals surface area (Å²) in [7, 11) is -3.07. The molecule has 0 unspecified atom stereocenters. The molecule has 0 saturated carbocycles. The van der Waals surface area contributed by atoms with E-state index in [2.05, 4.69) is 4.72 Å². The van der Waals surface area contributed by atoms with Crippen LogP contribution in [0, 0.1) is 11.7 Å². The number of rotatable bonds is 5. The number of nitrogens with one attached hydrogen (secondary N) is 1. The average molecular weight is 330 g/mol. The van der Waals surface area contributed by atoms with Gasteiger partial charge < -0.3 is 0 Å². The highest BCUT2D eigenvalue weighted by Crippen LogP contribution is 2.21. The Bertz CT molecular complexity index is 671. The smallest absolute Gasteiger partial charge is 0.211 e. The van der Waals surface area contributed by atoms with Crippen LogP contribution in [-0.2, 0) is 19.1 Å². The monoisotopic (exact) mass is 329 g/mol. The van der Waals surface area contributed by atoms with E-state index in [1.807, 2.05) is 0 Å². The molecule has 1 rings (SSSR count). The molecule has 0 aliphatic carbocycles. The van der Waals surface area contributed by atoms with Gasteiger partial charge >= 0.3 is 0 Å². The highest BCUT2D eigenvalue weighted by atomic mass is 35.7. The average Bonchev–Trinajstić information content (AvgIpc) is 2.25. The molecule has 19 heavy (non-hydrogen) atoms. The molecule has 0 amide bonds. The van der Waals surface area contributed by atoms with E-state index in [0.717, 1.165) is 12.1 Å². The molecule has 0 fully saturated rings. The van der Waals surface area contributed by atoms with Crippen molar-refractivity contribution < 1.29 is 21.2 Å². The van der Waals surface area contributed by atoms with Crippen molar-refractivity contribution in [3.8, 4) is 0 Å². The van der Waals surface area contributed by atoms with Gasteiger partial charge in [-0.25, -0.2) is 25.9 Å². The summed E-state index contributed by atoms with van der Waals surface area (Å²) in [4.78, 5) is -1.10. The van der Waals surface area contributed by atoms with Gasteiger partial charge in [0, 0.05) is 17.2 Å². The first kappa shape index (κ1) is 16.4. The van der Waals surface area contributed by atoms with E-state index in [1.165, 1.54) is 0 Å². The first-order valence-electron chi connectivity index (χ1n) is 5.28. The van der Waals surface area contributed by atoms with E-state index in [-0.39, 0.29) is 12.5 Å². The Balaban J connectivity index is 3.16. The molecule has 0 radical (unpaired) electrons. The van der Waals surface area contributed by atoms with Crippen molar-refractivity contribution in [2.45, 2.75) is 23.6 Å². The predicted molar refractivity (Wildman–Crippen MR) is 69.5 cm³/mol. The molecule has 0 aromatic heterocycles. The third-order valence-corrected chi connectivity index (χ3v) is 4.96. The molecule has 0 heterocycles. The van der Waals surface area contributed by atoms with Crippen LogP contribution in [0.1, 0.15) is 13.8 Å². The molecule has 0 atom stereocenters. The van der Waals surface area contributed by atoms with Crippen LogP contribution in [0.5, 0.6) is 0 Å². The standard InChI is InChI=1S/C10H13ClFNO4S2/c1-7(2)6-13-19(16,17)10-4-3-8(5-9(10)12)18(11,14)15/h3-5,7,13H,6H2,1-2H3. The van der Waals surface area contributed by atoms with Gasteiger partial charge in [-0.3, -0.25) is 0 Å². The Kier molecular flexibility index (Phi) is 4.94. The molecular weight excluding hydrogens is 317 g/mol. The van der Waals surface area contributed by atoms with Crippen LogP contribution in [-0.4, -0.2) is 23.4 Å². The summed E-state index contributed by atoms with van der Waals surface area (Å²) in [5, 5.41) is 0. The molecule has 0 aliphatic heterocycles. The highest BCUT2D eigenvalue weighted by molar-refractivity contribution is 8.13. The molecular formula is C10H13ClFNO4S2. The molecule has 9 heteroatoms. The number of hydrogen-bond acceptors (Lipinski definition) is 4. The fraction of sp³-hybridized carbons (Fsp3) is 0.400. The normalized spacial score (nSPS) is 12.9. The lowest BCUT2D eigenvalue weighted by Crippen LogP contribution is -2.28. The highest BCUT2D eigenvalue weighted by Gasteiger charge is 2.21. The summed E-state index contributed by atoms with van der Waals surface area (Å²) in [6, 6.07) is 2.38. The molecule has 1 aromatic carbocycles. The van der Waals surface area contributed by atoms with Gasteiger partial charge in [0.25, 0.3) is 9.05 Å². The van der Waals surface area contributed by atoms with Crippen molar-refractivity contribution in [1.82, 2.24) is 4.72 Å². The van der Waals surface area contributed by atoms with Gasteiger partial charge in [0.05, 0.1) is 4.90 Å². The summed E-state index contributed by atoms with van der Waals surface area (Å²) < 4.78 is 61.4. The first-order valence-corrected chi connectivity index (χ1v) is 9.07. The zero-order chi connectivity index (χ0) is 14.8. The molecule has 1 N–H and O–H groups in total. The van der Waals surface area contributed by atoms with E-state index < -0.39 is 34.7 Å². The van der Waals surface area contributed by atoms with Crippen LogP contribution in [0.2, 0.25) is 0 Å². The van der Waals surface area contributed by atoms with E-state index in [4.69, 9.17) is 10.7 Å². The molecule has 0 aliphatic rings. The third-order valence-electron chi connectivity index (χ3n) is 2.16. The lowest BCUT2D eigenvalue weighted by molar-refractivity contribution is 0.541. The summed E-state index contributed by atoms with van der Waals surface area (Å²) >= 11 is 0. The zero-order valence-electron chi connectivity index (χ0n) is 10.2. The molecule has 0 spiro atoms. The van der Waals surface area contributed by atoms with E-state index in [1.54, 1.807) is 13.8 Å². The van der Waals surface area contributed by atoms with Gasteiger partial charge in [0.2, 0.25) is 10.0 Å². The summed E-state index contributed by atoms with van der Waals surface area (Å²) in [6.45, 7) is 3.74. The van der Waals surface area contributed by atoms with Gasteiger partial charge in [-0.2, -0.15) is 0 Å². The molecule has 108 valence electrons. The van der Waals surface area contributed by atoms with Crippen LogP contribution in [0.3, 0.4) is 0 Å². The van der Waals surface area contributed by atoms with Crippen LogP contribution in [0.25, 0.3) is 0 Å². The van der Waals surface area contributed by atoms with Gasteiger partial charge in [-0.1, -0.05) is 13.8 Å². The SMILES string of the molecule is CC(C)CNS(=O)(=O)c1ccc(S(=O)(=O)Cl)cc1F. The predicted octanol–water partition coefficient (Wildman–Crippen LogP) is 1.69. The van der Waals surface area contributed by atoms with Gasteiger partial charge in [0.1, 0.15) is 10.7 Å². The topological polar surface area (TPSA) is 80.3 Å². The fourth-order valence-corrected chi connectivity index (χ4v) is 3.24. The Labute approximate surface area is 116 Å². The third kappa shape index (κ3) is 4.41. The largest absolute Gasteiger partial charge is 0.261 e. The molecule has 5 nitrogen and oxygen atoms in total. The minimum absolute atomic E-state index is 0.0559. The second-order valence-corrected chi connectivity index (χ2v) is 8.58. The van der Waals surface area contributed by atoms with Crippen molar-refractivity contribution in [2.75, 3.05) is 6.54 Å². The quantitative estimate of drug-likeness (QED) is 0.834. The molecule has 0 saturated heterocycles. The Morgan fingerprint density at radius 1 is 1.26 bits per heavy atom. The van der Waals surface area contributed by atoms with E-state index in [0.29, 0.717) is 6.07 Å². The second kappa shape index (κ2) is 5.74. The van der Waals surface area contributed by atoms with Crippen molar-refractivity contribution in [3.63, 3.8) is 0 Å². The van der Waals surface area contributed by atoms with Crippen LogP contribution in [0.4, 0.5) is 4.39 Å². The summed E-state index contributed by atoms with van der Waals surface area (Å²) in [5.41, 5.74) is 0. The van der Waals surface area contributed by atoms with Crippen LogP contribution < -0.4 is 4.72 Å². The minimum atomic E-state index is -4.10. The maximum absolute atomic E-state index is 13.7. The van der Waals surface area contributed by atoms with Crippen molar-refractivity contribution >= 4 is 29.8 Å². The van der Waals surface area contributed by atoms with E-state index in [9.17, 15) is 21.2 Å². The van der Waals surface area contributed by atoms with E-state index >= 15 is 0 Å². The maximum atomic E-state index is 13.7. The summed E-state index contributed by atoms with van der Waals surface area (Å²) in [6.07, 6.45) is 0. The lowest BCUT2D eigenvalue weighted by atomic mass is 10.2.